The summed E-state index contributed by atoms with van der Waals surface area (Å²) in [6, 6.07) is 18.2. The molecule has 0 aliphatic heterocycles. The van der Waals surface area contributed by atoms with Crippen LogP contribution >= 0.6 is 0 Å². The van der Waals surface area contributed by atoms with E-state index in [0.717, 1.165) is 27.6 Å². The first-order valence-corrected chi connectivity index (χ1v) is 6.91. The van der Waals surface area contributed by atoms with Crippen LogP contribution in [-0.2, 0) is 11.2 Å². The topological polar surface area (TPSA) is 42.0 Å². The first kappa shape index (κ1) is 13.3. The van der Waals surface area contributed by atoms with Crippen LogP contribution < -0.4 is 5.32 Å². The summed E-state index contributed by atoms with van der Waals surface area (Å²) in [5, 5.41) is 3.76. The molecule has 21 heavy (non-hydrogen) atoms. The van der Waals surface area contributed by atoms with Crippen molar-refractivity contribution in [3.05, 3.63) is 66.4 Å². The molecule has 0 aliphatic rings. The van der Waals surface area contributed by atoms with Crippen molar-refractivity contribution >= 4 is 16.8 Å². The Kier molecular flexibility index (Phi) is 3.65. The molecule has 1 aromatic heterocycles. The second kappa shape index (κ2) is 5.75. The van der Waals surface area contributed by atoms with Crippen LogP contribution in [0.25, 0.3) is 22.0 Å². The lowest BCUT2D eigenvalue weighted by Gasteiger charge is -2.05. The highest BCUT2D eigenvalue weighted by Gasteiger charge is 2.03. The van der Waals surface area contributed by atoms with Crippen LogP contribution in [0.15, 0.2) is 60.8 Å². The van der Waals surface area contributed by atoms with Crippen molar-refractivity contribution in [2.24, 2.45) is 0 Å². The molecule has 3 aromatic rings. The van der Waals surface area contributed by atoms with E-state index in [2.05, 4.69) is 22.4 Å². The molecule has 0 saturated carbocycles. The Hall–Kier alpha value is -2.68. The molecule has 3 heteroatoms. The van der Waals surface area contributed by atoms with Crippen molar-refractivity contribution in [1.29, 1.82) is 0 Å². The molecular weight excluding hydrogens is 260 g/mol. The molecule has 0 fully saturated rings. The number of amides is 1. The molecule has 0 aliphatic carbocycles. The van der Waals surface area contributed by atoms with Gasteiger partial charge in [-0.15, -0.1) is 0 Å². The zero-order chi connectivity index (χ0) is 14.7. The van der Waals surface area contributed by atoms with Crippen LogP contribution in [0.2, 0.25) is 0 Å². The summed E-state index contributed by atoms with van der Waals surface area (Å²) in [5.74, 6) is 0.0233. The summed E-state index contributed by atoms with van der Waals surface area (Å²) in [6.45, 7) is 0. The Morgan fingerprint density at radius 2 is 1.81 bits per heavy atom. The standard InChI is InChI=1S/C18H16N2O/c1-19-18(21)10-13-6-8-14(9-7-13)16-11-15-4-2-3-5-17(15)20-12-16/h2-9,11-12H,10H2,1H3,(H,19,21). The SMILES string of the molecule is CNC(=O)Cc1ccc(-c2cnc3ccccc3c2)cc1. The zero-order valence-corrected chi connectivity index (χ0v) is 11.8. The quantitative estimate of drug-likeness (QED) is 0.798. The number of nitrogens with zero attached hydrogens (tertiary/aromatic N) is 1. The van der Waals surface area contributed by atoms with E-state index in [1.807, 2.05) is 48.7 Å². The molecule has 0 atom stereocenters. The van der Waals surface area contributed by atoms with Crippen molar-refractivity contribution in [2.75, 3.05) is 7.05 Å². The van der Waals surface area contributed by atoms with Crippen LogP contribution in [0.3, 0.4) is 0 Å². The lowest BCUT2D eigenvalue weighted by molar-refractivity contribution is -0.119. The maximum absolute atomic E-state index is 11.4. The molecule has 0 spiro atoms. The summed E-state index contributed by atoms with van der Waals surface area (Å²) in [6.07, 6.45) is 2.29. The minimum Gasteiger partial charge on any atom is -0.359 e. The van der Waals surface area contributed by atoms with Crippen molar-refractivity contribution < 1.29 is 4.79 Å². The molecule has 0 saturated heterocycles. The maximum atomic E-state index is 11.4. The van der Waals surface area contributed by atoms with Gasteiger partial charge in [0.15, 0.2) is 0 Å². The summed E-state index contributed by atoms with van der Waals surface area (Å²) in [5.41, 5.74) is 4.19. The number of hydrogen-bond donors (Lipinski definition) is 1. The highest BCUT2D eigenvalue weighted by atomic mass is 16.1. The van der Waals surface area contributed by atoms with Crippen LogP contribution in [0.5, 0.6) is 0 Å². The van der Waals surface area contributed by atoms with Crippen molar-refractivity contribution in [1.82, 2.24) is 10.3 Å². The van der Waals surface area contributed by atoms with Crippen molar-refractivity contribution in [3.8, 4) is 11.1 Å². The summed E-state index contributed by atoms with van der Waals surface area (Å²) < 4.78 is 0. The monoisotopic (exact) mass is 276 g/mol. The Balaban J connectivity index is 1.90. The van der Waals surface area contributed by atoms with Gasteiger partial charge in [-0.2, -0.15) is 0 Å². The van der Waals surface area contributed by atoms with Gasteiger partial charge in [-0.3, -0.25) is 9.78 Å². The van der Waals surface area contributed by atoms with Gasteiger partial charge in [0.05, 0.1) is 11.9 Å². The van der Waals surface area contributed by atoms with Crippen LogP contribution in [0.4, 0.5) is 0 Å². The molecule has 0 bridgehead atoms. The fourth-order valence-corrected chi connectivity index (χ4v) is 2.32. The molecule has 2 aromatic carbocycles. The third kappa shape index (κ3) is 2.92. The number of benzene rings is 2. The average molecular weight is 276 g/mol. The van der Waals surface area contributed by atoms with E-state index in [0.29, 0.717) is 6.42 Å². The lowest BCUT2D eigenvalue weighted by atomic mass is 10.0. The van der Waals surface area contributed by atoms with Crippen LogP contribution in [0.1, 0.15) is 5.56 Å². The highest BCUT2D eigenvalue weighted by Crippen LogP contribution is 2.23. The van der Waals surface area contributed by atoms with Gasteiger partial charge in [0.2, 0.25) is 5.91 Å². The number of nitrogens with one attached hydrogen (secondary N) is 1. The third-order valence-corrected chi connectivity index (χ3v) is 3.52. The number of carbonyl (C=O) groups excluding carboxylic acids is 1. The zero-order valence-electron chi connectivity index (χ0n) is 11.8. The molecule has 3 nitrogen and oxygen atoms in total. The fourth-order valence-electron chi connectivity index (χ4n) is 2.32. The second-order valence-electron chi connectivity index (χ2n) is 4.96. The number of fused-ring (bicyclic) bond motifs is 1. The molecule has 1 heterocycles. The van der Waals surface area contributed by atoms with Gasteiger partial charge in [0.1, 0.15) is 0 Å². The van der Waals surface area contributed by atoms with E-state index < -0.39 is 0 Å². The van der Waals surface area contributed by atoms with Gasteiger partial charge in [-0.25, -0.2) is 0 Å². The Morgan fingerprint density at radius 3 is 2.57 bits per heavy atom. The Labute approximate surface area is 123 Å². The Morgan fingerprint density at radius 1 is 1.05 bits per heavy atom. The van der Waals surface area contributed by atoms with E-state index >= 15 is 0 Å². The first-order chi connectivity index (χ1) is 10.3. The van der Waals surface area contributed by atoms with Gasteiger partial charge in [0.25, 0.3) is 0 Å². The fraction of sp³-hybridized carbons (Fsp3) is 0.111. The van der Waals surface area contributed by atoms with Gasteiger partial charge in [-0.1, -0.05) is 42.5 Å². The minimum absolute atomic E-state index is 0.0233. The molecule has 3 rings (SSSR count). The smallest absolute Gasteiger partial charge is 0.224 e. The van der Waals surface area contributed by atoms with E-state index in [9.17, 15) is 4.79 Å². The summed E-state index contributed by atoms with van der Waals surface area (Å²) >= 11 is 0. The number of hydrogen-bond acceptors (Lipinski definition) is 2. The lowest BCUT2D eigenvalue weighted by Crippen LogP contribution is -2.19. The van der Waals surface area contributed by atoms with Gasteiger partial charge in [0, 0.05) is 24.2 Å². The largest absolute Gasteiger partial charge is 0.359 e. The Bertz CT molecular complexity index is 779. The van der Waals surface area contributed by atoms with Gasteiger partial charge in [-0.05, 0) is 23.3 Å². The number of rotatable bonds is 3. The van der Waals surface area contributed by atoms with Crippen molar-refractivity contribution in [2.45, 2.75) is 6.42 Å². The van der Waals surface area contributed by atoms with Crippen molar-refractivity contribution in [3.63, 3.8) is 0 Å². The average Bonchev–Trinajstić information content (AvgIpc) is 2.55. The molecule has 104 valence electrons. The van der Waals surface area contributed by atoms with E-state index in [1.54, 1.807) is 7.05 Å². The summed E-state index contributed by atoms with van der Waals surface area (Å²) in [4.78, 5) is 15.8. The maximum Gasteiger partial charge on any atom is 0.224 e. The molecular formula is C18H16N2O. The molecule has 0 radical (unpaired) electrons. The normalized spacial score (nSPS) is 10.5. The highest BCUT2D eigenvalue weighted by molar-refractivity contribution is 5.83. The molecule has 0 unspecified atom stereocenters. The number of carbonyl (C=O) groups is 1. The number of pyridine rings is 1. The number of aromatic nitrogens is 1. The summed E-state index contributed by atoms with van der Waals surface area (Å²) in [7, 11) is 1.65. The predicted octanol–water partition coefficient (Wildman–Crippen LogP) is 3.19. The molecule has 1 N–H and O–H groups in total. The second-order valence-corrected chi connectivity index (χ2v) is 4.96. The van der Waals surface area contributed by atoms with Gasteiger partial charge < -0.3 is 5.32 Å². The number of likely N-dealkylation sites (N-methyl/N-ethyl adjacent to an activating group) is 1. The van der Waals surface area contributed by atoms with E-state index in [4.69, 9.17) is 0 Å². The number of para-hydroxylation sites is 1. The van der Waals surface area contributed by atoms with E-state index in [-0.39, 0.29) is 5.91 Å². The van der Waals surface area contributed by atoms with Gasteiger partial charge >= 0.3 is 0 Å². The van der Waals surface area contributed by atoms with Crippen LogP contribution in [-0.4, -0.2) is 17.9 Å². The molecule has 1 amide bonds. The van der Waals surface area contributed by atoms with E-state index in [1.165, 1.54) is 0 Å². The predicted molar refractivity (Wildman–Crippen MR) is 84.9 cm³/mol. The third-order valence-electron chi connectivity index (χ3n) is 3.52. The minimum atomic E-state index is 0.0233. The van der Waals surface area contributed by atoms with Crippen LogP contribution in [0, 0.1) is 0 Å². The first-order valence-electron chi connectivity index (χ1n) is 6.91.